The Balaban J connectivity index is 1.78. The number of benzene rings is 2. The van der Waals surface area contributed by atoms with Gasteiger partial charge in [0, 0.05) is 13.1 Å². The number of carboxylic acids is 1. The van der Waals surface area contributed by atoms with E-state index in [1.807, 2.05) is 44.2 Å². The van der Waals surface area contributed by atoms with E-state index in [-0.39, 0.29) is 0 Å². The van der Waals surface area contributed by atoms with Crippen LogP contribution in [0, 0.1) is 5.41 Å². The number of aliphatic carboxylic acids is 1. The first-order valence-electron chi connectivity index (χ1n) is 9.79. The van der Waals surface area contributed by atoms with Crippen molar-refractivity contribution in [3.8, 4) is 5.75 Å². The topological polar surface area (TPSA) is 58.6 Å². The highest BCUT2D eigenvalue weighted by atomic mass is 16.5. The number of carboxylic acid groups (broad SMARTS) is 1. The van der Waals surface area contributed by atoms with E-state index in [1.54, 1.807) is 0 Å². The summed E-state index contributed by atoms with van der Waals surface area (Å²) in [6, 6.07) is 18.4. The maximum atomic E-state index is 11.6. The molecule has 0 saturated heterocycles. The Morgan fingerprint density at radius 1 is 1.04 bits per heavy atom. The molecule has 2 aromatic rings. The van der Waals surface area contributed by atoms with Crippen molar-refractivity contribution in [3.63, 3.8) is 0 Å². The second-order valence-electron chi connectivity index (χ2n) is 6.98. The van der Waals surface area contributed by atoms with Crippen LogP contribution >= 0.6 is 0 Å². The van der Waals surface area contributed by atoms with Crippen molar-refractivity contribution in [2.24, 2.45) is 5.41 Å². The molecule has 146 valence electrons. The van der Waals surface area contributed by atoms with E-state index in [0.29, 0.717) is 32.5 Å². The van der Waals surface area contributed by atoms with Gasteiger partial charge >= 0.3 is 5.97 Å². The van der Waals surface area contributed by atoms with Gasteiger partial charge in [-0.3, -0.25) is 4.79 Å². The van der Waals surface area contributed by atoms with Crippen LogP contribution < -0.4 is 10.1 Å². The van der Waals surface area contributed by atoms with Crippen LogP contribution in [-0.2, 0) is 17.8 Å². The smallest absolute Gasteiger partial charge is 0.310 e. The van der Waals surface area contributed by atoms with Crippen molar-refractivity contribution >= 4 is 5.97 Å². The Bertz CT molecular complexity index is 696. The van der Waals surface area contributed by atoms with Gasteiger partial charge in [-0.25, -0.2) is 0 Å². The number of ether oxygens (including phenoxy) is 1. The molecule has 0 aromatic heterocycles. The number of hydrogen-bond acceptors (Lipinski definition) is 3. The van der Waals surface area contributed by atoms with Gasteiger partial charge in [-0.05, 0) is 48.9 Å². The normalized spacial score (nSPS) is 11.3. The van der Waals surface area contributed by atoms with Crippen molar-refractivity contribution < 1.29 is 14.6 Å². The molecule has 0 aliphatic rings. The average Bonchev–Trinajstić information content (AvgIpc) is 2.70. The van der Waals surface area contributed by atoms with Gasteiger partial charge < -0.3 is 15.2 Å². The molecule has 4 nitrogen and oxygen atoms in total. The molecule has 0 aliphatic carbocycles. The lowest BCUT2D eigenvalue weighted by molar-refractivity contribution is -0.149. The quantitative estimate of drug-likeness (QED) is 0.533. The summed E-state index contributed by atoms with van der Waals surface area (Å²) in [5, 5.41) is 12.8. The molecule has 0 unspecified atom stereocenters. The first-order valence-corrected chi connectivity index (χ1v) is 9.79. The van der Waals surface area contributed by atoms with E-state index < -0.39 is 11.4 Å². The Morgan fingerprint density at radius 2 is 1.74 bits per heavy atom. The molecule has 0 heterocycles. The Morgan fingerprint density at radius 3 is 2.41 bits per heavy atom. The van der Waals surface area contributed by atoms with Crippen LogP contribution in [0.2, 0.25) is 0 Å². The standard InChI is InChI=1S/C23H31NO3/c1-3-23(4-2,22(25)26)18-24-17-20-12-8-14-21(16-20)27-15-9-13-19-10-6-5-7-11-19/h5-8,10-12,14,16,24H,3-4,9,13,15,17-18H2,1-2H3,(H,25,26). The number of hydrogen-bond donors (Lipinski definition) is 2. The first kappa shape index (κ1) is 21.0. The van der Waals surface area contributed by atoms with Crippen molar-refractivity contribution in [3.05, 3.63) is 65.7 Å². The van der Waals surface area contributed by atoms with E-state index in [9.17, 15) is 9.90 Å². The number of nitrogens with one attached hydrogen (secondary N) is 1. The van der Waals surface area contributed by atoms with Crippen LogP contribution in [0.5, 0.6) is 5.75 Å². The predicted molar refractivity (Wildman–Crippen MR) is 109 cm³/mol. The molecule has 0 atom stereocenters. The molecule has 2 rings (SSSR count). The molecule has 0 radical (unpaired) electrons. The van der Waals surface area contributed by atoms with Crippen molar-refractivity contribution in [1.29, 1.82) is 0 Å². The van der Waals surface area contributed by atoms with Gasteiger partial charge in [0.15, 0.2) is 0 Å². The van der Waals surface area contributed by atoms with E-state index in [0.717, 1.165) is 24.2 Å². The highest BCUT2D eigenvalue weighted by Gasteiger charge is 2.34. The van der Waals surface area contributed by atoms with Gasteiger partial charge in [-0.2, -0.15) is 0 Å². The molecule has 0 amide bonds. The van der Waals surface area contributed by atoms with Crippen LogP contribution in [0.4, 0.5) is 0 Å². The minimum atomic E-state index is -0.726. The number of carbonyl (C=O) groups is 1. The largest absolute Gasteiger partial charge is 0.494 e. The van der Waals surface area contributed by atoms with Gasteiger partial charge in [0.1, 0.15) is 5.75 Å². The van der Waals surface area contributed by atoms with E-state index in [2.05, 4.69) is 29.6 Å². The molecule has 27 heavy (non-hydrogen) atoms. The average molecular weight is 370 g/mol. The second kappa shape index (κ2) is 10.7. The summed E-state index contributed by atoms with van der Waals surface area (Å²) in [5.74, 6) is 0.133. The summed E-state index contributed by atoms with van der Waals surface area (Å²) in [6.07, 6.45) is 3.22. The third kappa shape index (κ3) is 6.40. The number of aryl methyl sites for hydroxylation is 1. The zero-order chi connectivity index (χ0) is 19.5. The fourth-order valence-electron chi connectivity index (χ4n) is 3.18. The number of rotatable bonds is 12. The van der Waals surface area contributed by atoms with Gasteiger partial charge in [-0.1, -0.05) is 56.3 Å². The van der Waals surface area contributed by atoms with Crippen LogP contribution in [-0.4, -0.2) is 24.2 Å². The predicted octanol–water partition coefficient (Wildman–Crippen LogP) is 4.68. The first-order chi connectivity index (χ1) is 13.1. The van der Waals surface area contributed by atoms with Crippen molar-refractivity contribution in [2.75, 3.05) is 13.2 Å². The Labute approximate surface area is 162 Å². The summed E-state index contributed by atoms with van der Waals surface area (Å²) >= 11 is 0. The molecular formula is C23H31NO3. The van der Waals surface area contributed by atoms with Gasteiger partial charge in [0.25, 0.3) is 0 Å². The third-order valence-corrected chi connectivity index (χ3v) is 5.22. The maximum Gasteiger partial charge on any atom is 0.310 e. The van der Waals surface area contributed by atoms with Crippen LogP contribution in [0.25, 0.3) is 0 Å². The molecule has 0 saturated carbocycles. The van der Waals surface area contributed by atoms with Crippen LogP contribution in [0.15, 0.2) is 54.6 Å². The van der Waals surface area contributed by atoms with Gasteiger partial charge in [0.2, 0.25) is 0 Å². The third-order valence-electron chi connectivity index (χ3n) is 5.22. The lowest BCUT2D eigenvalue weighted by Gasteiger charge is -2.27. The van der Waals surface area contributed by atoms with Gasteiger partial charge in [-0.15, -0.1) is 0 Å². The molecule has 0 aliphatic heterocycles. The van der Waals surface area contributed by atoms with Crippen molar-refractivity contribution in [2.45, 2.75) is 46.1 Å². The molecule has 4 heteroatoms. The minimum Gasteiger partial charge on any atom is -0.494 e. The minimum absolute atomic E-state index is 0.470. The fourth-order valence-corrected chi connectivity index (χ4v) is 3.18. The maximum absolute atomic E-state index is 11.6. The SMILES string of the molecule is CCC(CC)(CNCc1cccc(OCCCc2ccccc2)c1)C(=O)O. The molecule has 0 fully saturated rings. The lowest BCUT2D eigenvalue weighted by Crippen LogP contribution is -2.40. The second-order valence-corrected chi connectivity index (χ2v) is 6.98. The van der Waals surface area contributed by atoms with E-state index in [1.165, 1.54) is 5.56 Å². The summed E-state index contributed by atoms with van der Waals surface area (Å²) in [4.78, 5) is 11.6. The molecule has 2 N–H and O–H groups in total. The summed E-state index contributed by atoms with van der Waals surface area (Å²) < 4.78 is 5.87. The molecule has 0 bridgehead atoms. The summed E-state index contributed by atoms with van der Waals surface area (Å²) in [6.45, 7) is 5.65. The lowest BCUT2D eigenvalue weighted by atomic mass is 9.82. The van der Waals surface area contributed by atoms with Crippen molar-refractivity contribution in [1.82, 2.24) is 5.32 Å². The van der Waals surface area contributed by atoms with Crippen LogP contribution in [0.3, 0.4) is 0 Å². The van der Waals surface area contributed by atoms with Crippen LogP contribution in [0.1, 0.15) is 44.2 Å². The molecule has 2 aromatic carbocycles. The highest BCUT2D eigenvalue weighted by Crippen LogP contribution is 2.26. The zero-order valence-corrected chi connectivity index (χ0v) is 16.4. The van der Waals surface area contributed by atoms with E-state index in [4.69, 9.17) is 4.74 Å². The summed E-state index contributed by atoms with van der Waals surface area (Å²) in [7, 11) is 0. The zero-order valence-electron chi connectivity index (χ0n) is 16.4. The summed E-state index contributed by atoms with van der Waals surface area (Å²) in [5.41, 5.74) is 1.74. The molecular weight excluding hydrogens is 338 g/mol. The monoisotopic (exact) mass is 369 g/mol. The fraction of sp³-hybridized carbons (Fsp3) is 0.435. The highest BCUT2D eigenvalue weighted by molar-refractivity contribution is 5.74. The van der Waals surface area contributed by atoms with Gasteiger partial charge in [0.05, 0.1) is 12.0 Å². The Hall–Kier alpha value is -2.33. The molecule has 0 spiro atoms. The van der Waals surface area contributed by atoms with E-state index >= 15 is 0 Å². The Kier molecular flexibility index (Phi) is 8.34.